The number of nitrogens with one attached hydrogen (secondary N) is 1. The van der Waals surface area contributed by atoms with Gasteiger partial charge >= 0.3 is 12.1 Å². The molecule has 2 rings (SSSR count). The van der Waals surface area contributed by atoms with Crippen LogP contribution in [0.4, 0.5) is 13.2 Å². The van der Waals surface area contributed by atoms with E-state index in [2.05, 4.69) is 5.32 Å². The first-order valence-corrected chi connectivity index (χ1v) is 7.68. The van der Waals surface area contributed by atoms with Crippen LogP contribution < -0.4 is 5.32 Å². The fourth-order valence-corrected chi connectivity index (χ4v) is 2.22. The van der Waals surface area contributed by atoms with Crippen molar-refractivity contribution < 1.29 is 27.9 Å². The predicted octanol–water partition coefficient (Wildman–Crippen LogP) is 3.53. The van der Waals surface area contributed by atoms with Crippen LogP contribution in [0.25, 0.3) is 6.08 Å². The van der Waals surface area contributed by atoms with Crippen LogP contribution in [0.2, 0.25) is 0 Å². The first-order chi connectivity index (χ1) is 12.3. The first kappa shape index (κ1) is 19.2. The molecule has 0 aliphatic heterocycles. The lowest BCUT2D eigenvalue weighted by atomic mass is 10.1. The third kappa shape index (κ3) is 5.77. The molecule has 2 aromatic rings. The number of rotatable bonds is 6. The molecule has 0 aromatic heterocycles. The zero-order valence-electron chi connectivity index (χ0n) is 13.5. The van der Waals surface area contributed by atoms with E-state index in [0.29, 0.717) is 5.56 Å². The van der Waals surface area contributed by atoms with Gasteiger partial charge in [0.1, 0.15) is 6.04 Å². The normalized spacial score (nSPS) is 12.7. The summed E-state index contributed by atoms with van der Waals surface area (Å²) in [5, 5.41) is 11.6. The maximum atomic E-state index is 12.5. The summed E-state index contributed by atoms with van der Waals surface area (Å²) in [5.74, 6) is -1.82. The number of carbonyl (C=O) groups excluding carboxylic acids is 1. The highest BCUT2D eigenvalue weighted by Gasteiger charge is 2.29. The Labute approximate surface area is 148 Å². The van der Waals surface area contributed by atoms with Crippen LogP contribution in [-0.4, -0.2) is 23.0 Å². The lowest BCUT2D eigenvalue weighted by Crippen LogP contribution is -2.41. The third-order valence-electron chi connectivity index (χ3n) is 3.56. The van der Waals surface area contributed by atoms with Crippen LogP contribution in [0.1, 0.15) is 16.7 Å². The van der Waals surface area contributed by atoms with E-state index in [1.807, 2.05) is 0 Å². The Morgan fingerprint density at radius 1 is 1.04 bits per heavy atom. The van der Waals surface area contributed by atoms with Crippen molar-refractivity contribution in [2.75, 3.05) is 0 Å². The van der Waals surface area contributed by atoms with E-state index < -0.39 is 29.7 Å². The molecule has 0 unspecified atom stereocenters. The Balaban J connectivity index is 1.99. The van der Waals surface area contributed by atoms with Crippen LogP contribution in [-0.2, 0) is 22.2 Å². The van der Waals surface area contributed by atoms with Crippen molar-refractivity contribution in [1.29, 1.82) is 0 Å². The molecule has 0 heterocycles. The van der Waals surface area contributed by atoms with E-state index in [9.17, 15) is 27.9 Å². The predicted molar refractivity (Wildman–Crippen MR) is 90.2 cm³/mol. The summed E-state index contributed by atoms with van der Waals surface area (Å²) in [7, 11) is 0. The monoisotopic (exact) mass is 363 g/mol. The number of carboxylic acid groups (broad SMARTS) is 1. The molecule has 1 amide bonds. The molecule has 0 aliphatic rings. The van der Waals surface area contributed by atoms with Gasteiger partial charge in [-0.05, 0) is 29.3 Å². The van der Waals surface area contributed by atoms with Gasteiger partial charge in [0.25, 0.3) is 0 Å². The molecule has 1 atom stereocenters. The molecular formula is C19H16F3NO3. The fraction of sp³-hybridized carbons (Fsp3) is 0.158. The Hall–Kier alpha value is -3.09. The number of aliphatic carboxylic acids is 1. The van der Waals surface area contributed by atoms with Gasteiger partial charge in [0.2, 0.25) is 5.91 Å². The zero-order valence-corrected chi connectivity index (χ0v) is 13.5. The lowest BCUT2D eigenvalue weighted by molar-refractivity contribution is -0.141. The van der Waals surface area contributed by atoms with Gasteiger partial charge in [0, 0.05) is 12.5 Å². The molecular weight excluding hydrogens is 347 g/mol. The molecule has 7 heteroatoms. The fourth-order valence-electron chi connectivity index (χ4n) is 2.22. The van der Waals surface area contributed by atoms with E-state index >= 15 is 0 Å². The zero-order chi connectivity index (χ0) is 19.2. The molecule has 0 saturated carbocycles. The SMILES string of the molecule is O=C(/C=C/c1ccc(C(F)(F)F)cc1)N[C@H](Cc1ccccc1)C(=O)O. The van der Waals surface area contributed by atoms with Crippen molar-refractivity contribution in [3.8, 4) is 0 Å². The number of alkyl halides is 3. The average Bonchev–Trinajstić information content (AvgIpc) is 2.60. The molecule has 0 saturated heterocycles. The molecule has 0 bridgehead atoms. The second-order valence-corrected chi connectivity index (χ2v) is 5.54. The van der Waals surface area contributed by atoms with E-state index in [4.69, 9.17) is 0 Å². The van der Waals surface area contributed by atoms with Crippen LogP contribution in [0, 0.1) is 0 Å². The molecule has 0 radical (unpaired) electrons. The Bertz CT molecular complexity index is 784. The maximum absolute atomic E-state index is 12.5. The van der Waals surface area contributed by atoms with Gasteiger partial charge in [0.15, 0.2) is 0 Å². The molecule has 0 fully saturated rings. The molecule has 4 nitrogen and oxygen atoms in total. The van der Waals surface area contributed by atoms with Gasteiger partial charge in [0.05, 0.1) is 5.56 Å². The van der Waals surface area contributed by atoms with Gasteiger partial charge in [-0.15, -0.1) is 0 Å². The van der Waals surface area contributed by atoms with Crippen molar-refractivity contribution in [3.05, 3.63) is 77.4 Å². The van der Waals surface area contributed by atoms with Gasteiger partial charge in [-0.3, -0.25) is 4.79 Å². The maximum Gasteiger partial charge on any atom is 0.416 e. The second-order valence-electron chi connectivity index (χ2n) is 5.54. The summed E-state index contributed by atoms with van der Waals surface area (Å²) < 4.78 is 37.5. The number of hydrogen-bond donors (Lipinski definition) is 2. The largest absolute Gasteiger partial charge is 0.480 e. The van der Waals surface area contributed by atoms with Gasteiger partial charge in [-0.25, -0.2) is 4.79 Å². The van der Waals surface area contributed by atoms with Crippen molar-refractivity contribution in [3.63, 3.8) is 0 Å². The topological polar surface area (TPSA) is 66.4 Å². The first-order valence-electron chi connectivity index (χ1n) is 7.68. The number of benzene rings is 2. The van der Waals surface area contributed by atoms with Crippen molar-refractivity contribution >= 4 is 18.0 Å². The highest BCUT2D eigenvalue weighted by Crippen LogP contribution is 2.29. The summed E-state index contributed by atoms with van der Waals surface area (Å²) >= 11 is 0. The van der Waals surface area contributed by atoms with Crippen LogP contribution in [0.15, 0.2) is 60.7 Å². The number of carbonyl (C=O) groups is 2. The summed E-state index contributed by atoms with van der Waals surface area (Å²) in [6.07, 6.45) is -1.90. The standard InChI is InChI=1S/C19H16F3NO3/c20-19(21,22)15-9-6-13(7-10-15)8-11-17(24)23-16(18(25)26)12-14-4-2-1-3-5-14/h1-11,16H,12H2,(H,23,24)(H,25,26)/b11-8+/t16-/m1/s1. The molecule has 2 aromatic carbocycles. The van der Waals surface area contributed by atoms with E-state index in [1.165, 1.54) is 18.2 Å². The highest BCUT2D eigenvalue weighted by atomic mass is 19.4. The minimum Gasteiger partial charge on any atom is -0.480 e. The Morgan fingerprint density at radius 3 is 2.19 bits per heavy atom. The second kappa shape index (κ2) is 8.33. The molecule has 2 N–H and O–H groups in total. The summed E-state index contributed by atoms with van der Waals surface area (Å²) in [4.78, 5) is 23.2. The van der Waals surface area contributed by atoms with E-state index in [-0.39, 0.29) is 6.42 Å². The van der Waals surface area contributed by atoms with Crippen molar-refractivity contribution in [2.45, 2.75) is 18.6 Å². The van der Waals surface area contributed by atoms with Gasteiger partial charge in [-0.2, -0.15) is 13.2 Å². The molecule has 26 heavy (non-hydrogen) atoms. The number of amides is 1. The third-order valence-corrected chi connectivity index (χ3v) is 3.56. The Morgan fingerprint density at radius 2 is 1.65 bits per heavy atom. The lowest BCUT2D eigenvalue weighted by Gasteiger charge is -2.13. The summed E-state index contributed by atoms with van der Waals surface area (Å²) in [6, 6.07) is 12.0. The summed E-state index contributed by atoms with van der Waals surface area (Å²) in [5.41, 5.74) is 0.364. The minimum absolute atomic E-state index is 0.121. The van der Waals surface area contributed by atoms with Gasteiger partial charge in [-0.1, -0.05) is 42.5 Å². The van der Waals surface area contributed by atoms with Gasteiger partial charge < -0.3 is 10.4 Å². The molecule has 136 valence electrons. The summed E-state index contributed by atoms with van der Waals surface area (Å²) in [6.45, 7) is 0. The van der Waals surface area contributed by atoms with Crippen molar-refractivity contribution in [1.82, 2.24) is 5.32 Å². The van der Waals surface area contributed by atoms with Crippen molar-refractivity contribution in [2.24, 2.45) is 0 Å². The Kier molecular flexibility index (Phi) is 6.16. The number of carboxylic acids is 1. The smallest absolute Gasteiger partial charge is 0.416 e. The molecule has 0 aliphatic carbocycles. The number of halogens is 3. The quantitative estimate of drug-likeness (QED) is 0.772. The minimum atomic E-state index is -4.42. The van der Waals surface area contributed by atoms with E-state index in [1.54, 1.807) is 30.3 Å². The van der Waals surface area contributed by atoms with Crippen LogP contribution >= 0.6 is 0 Å². The molecule has 0 spiro atoms. The van der Waals surface area contributed by atoms with Crippen LogP contribution in [0.3, 0.4) is 0 Å². The number of hydrogen-bond acceptors (Lipinski definition) is 2. The van der Waals surface area contributed by atoms with E-state index in [0.717, 1.165) is 23.8 Å². The van der Waals surface area contributed by atoms with Crippen LogP contribution in [0.5, 0.6) is 0 Å². The highest BCUT2D eigenvalue weighted by molar-refractivity contribution is 5.94. The average molecular weight is 363 g/mol.